The highest BCUT2D eigenvalue weighted by atomic mass is 16.5. The van der Waals surface area contributed by atoms with Gasteiger partial charge in [-0.3, -0.25) is 4.79 Å². The number of carbonyl (C=O) groups is 1. The maximum absolute atomic E-state index is 11.9. The van der Waals surface area contributed by atoms with Crippen LogP contribution in [0.15, 0.2) is 54.6 Å². The van der Waals surface area contributed by atoms with Gasteiger partial charge in [-0.05, 0) is 24.6 Å². The predicted octanol–water partition coefficient (Wildman–Crippen LogP) is 2.94. The highest BCUT2D eigenvalue weighted by Gasteiger charge is 2.04. The maximum atomic E-state index is 11.9. The van der Waals surface area contributed by atoms with Crippen molar-refractivity contribution < 1.29 is 9.53 Å². The van der Waals surface area contributed by atoms with E-state index in [9.17, 15) is 4.79 Å². The van der Waals surface area contributed by atoms with E-state index in [-0.39, 0.29) is 5.91 Å². The molecule has 2 rings (SSSR count). The summed E-state index contributed by atoms with van der Waals surface area (Å²) in [6.45, 7) is 3.56. The summed E-state index contributed by atoms with van der Waals surface area (Å²) in [5.74, 6) is -0.0583. The van der Waals surface area contributed by atoms with Crippen LogP contribution in [0, 0.1) is 6.92 Å². The maximum Gasteiger partial charge on any atom is 0.251 e. The van der Waals surface area contributed by atoms with Gasteiger partial charge in [0.25, 0.3) is 5.91 Å². The van der Waals surface area contributed by atoms with E-state index < -0.39 is 0 Å². The second kappa shape index (κ2) is 7.46. The number of benzene rings is 2. The first-order valence-corrected chi connectivity index (χ1v) is 6.72. The Hall–Kier alpha value is -2.13. The topological polar surface area (TPSA) is 38.3 Å². The molecule has 3 nitrogen and oxygen atoms in total. The number of aryl methyl sites for hydroxylation is 1. The van der Waals surface area contributed by atoms with Gasteiger partial charge in [-0.15, -0.1) is 0 Å². The molecule has 0 heterocycles. The highest BCUT2D eigenvalue weighted by Crippen LogP contribution is 2.03. The van der Waals surface area contributed by atoms with Crippen molar-refractivity contribution in [2.24, 2.45) is 0 Å². The van der Waals surface area contributed by atoms with Crippen molar-refractivity contribution in [3.63, 3.8) is 0 Å². The molecular formula is C17H19NO2. The fraction of sp³-hybridized carbons (Fsp3) is 0.235. The van der Waals surface area contributed by atoms with Crippen LogP contribution in [-0.4, -0.2) is 19.1 Å². The monoisotopic (exact) mass is 269 g/mol. The normalized spacial score (nSPS) is 10.2. The Morgan fingerprint density at radius 3 is 2.65 bits per heavy atom. The van der Waals surface area contributed by atoms with Crippen molar-refractivity contribution in [1.82, 2.24) is 5.32 Å². The van der Waals surface area contributed by atoms with Crippen LogP contribution < -0.4 is 5.32 Å². The Kier molecular flexibility index (Phi) is 5.33. The van der Waals surface area contributed by atoms with E-state index in [0.717, 1.165) is 11.1 Å². The van der Waals surface area contributed by atoms with Gasteiger partial charge in [-0.1, -0.05) is 48.0 Å². The second-order valence-electron chi connectivity index (χ2n) is 4.66. The average molecular weight is 269 g/mol. The minimum atomic E-state index is -0.0583. The third-order valence-electron chi connectivity index (χ3n) is 2.92. The van der Waals surface area contributed by atoms with Gasteiger partial charge in [0.2, 0.25) is 0 Å². The van der Waals surface area contributed by atoms with E-state index in [4.69, 9.17) is 4.74 Å². The van der Waals surface area contributed by atoms with Crippen LogP contribution in [-0.2, 0) is 11.3 Å². The van der Waals surface area contributed by atoms with Gasteiger partial charge in [0, 0.05) is 12.1 Å². The Morgan fingerprint density at radius 1 is 1.10 bits per heavy atom. The molecule has 0 aliphatic heterocycles. The first-order chi connectivity index (χ1) is 9.75. The second-order valence-corrected chi connectivity index (χ2v) is 4.66. The molecule has 0 atom stereocenters. The van der Waals surface area contributed by atoms with Crippen LogP contribution in [0.25, 0.3) is 0 Å². The van der Waals surface area contributed by atoms with Crippen molar-refractivity contribution in [3.8, 4) is 0 Å². The fourth-order valence-electron chi connectivity index (χ4n) is 1.89. The molecule has 0 saturated carbocycles. The zero-order chi connectivity index (χ0) is 14.2. The number of amides is 1. The SMILES string of the molecule is Cc1cccc(C(=O)NCCOCc2ccccc2)c1. The molecule has 0 fully saturated rings. The van der Waals surface area contributed by atoms with E-state index in [0.29, 0.717) is 25.3 Å². The average Bonchev–Trinajstić information content (AvgIpc) is 2.48. The minimum absolute atomic E-state index is 0.0583. The molecule has 3 heteroatoms. The molecule has 0 aliphatic rings. The first-order valence-electron chi connectivity index (χ1n) is 6.72. The summed E-state index contributed by atoms with van der Waals surface area (Å²) >= 11 is 0. The molecular weight excluding hydrogens is 250 g/mol. The summed E-state index contributed by atoms with van der Waals surface area (Å²) in [5.41, 5.74) is 2.91. The van der Waals surface area contributed by atoms with Crippen LogP contribution in [0.2, 0.25) is 0 Å². The van der Waals surface area contributed by atoms with E-state index in [1.54, 1.807) is 0 Å². The van der Waals surface area contributed by atoms with Gasteiger partial charge in [0.05, 0.1) is 13.2 Å². The number of nitrogens with one attached hydrogen (secondary N) is 1. The third-order valence-corrected chi connectivity index (χ3v) is 2.92. The molecule has 0 unspecified atom stereocenters. The number of hydrogen-bond donors (Lipinski definition) is 1. The zero-order valence-electron chi connectivity index (χ0n) is 11.6. The third kappa shape index (κ3) is 4.52. The standard InChI is InChI=1S/C17H19NO2/c1-14-6-5-9-16(12-14)17(19)18-10-11-20-13-15-7-3-2-4-8-15/h2-9,12H,10-11,13H2,1H3,(H,18,19). The van der Waals surface area contributed by atoms with E-state index in [2.05, 4.69) is 5.32 Å². The van der Waals surface area contributed by atoms with Gasteiger partial charge < -0.3 is 10.1 Å². The Labute approximate surface area is 119 Å². The van der Waals surface area contributed by atoms with Crippen molar-refractivity contribution in [2.75, 3.05) is 13.2 Å². The number of ether oxygens (including phenoxy) is 1. The van der Waals surface area contributed by atoms with Crippen molar-refractivity contribution in [3.05, 3.63) is 71.3 Å². The van der Waals surface area contributed by atoms with E-state index in [1.807, 2.05) is 61.5 Å². The molecule has 20 heavy (non-hydrogen) atoms. The highest BCUT2D eigenvalue weighted by molar-refractivity contribution is 5.94. The smallest absolute Gasteiger partial charge is 0.251 e. The van der Waals surface area contributed by atoms with Crippen molar-refractivity contribution >= 4 is 5.91 Å². The molecule has 0 aliphatic carbocycles. The van der Waals surface area contributed by atoms with E-state index in [1.165, 1.54) is 0 Å². The number of hydrogen-bond acceptors (Lipinski definition) is 2. The van der Waals surface area contributed by atoms with Gasteiger partial charge in [0.1, 0.15) is 0 Å². The molecule has 1 N–H and O–H groups in total. The van der Waals surface area contributed by atoms with Crippen molar-refractivity contribution in [2.45, 2.75) is 13.5 Å². The van der Waals surface area contributed by atoms with Gasteiger partial charge in [-0.25, -0.2) is 0 Å². The predicted molar refractivity (Wildman–Crippen MR) is 79.6 cm³/mol. The summed E-state index contributed by atoms with van der Waals surface area (Å²) in [7, 11) is 0. The van der Waals surface area contributed by atoms with Crippen LogP contribution in [0.4, 0.5) is 0 Å². The van der Waals surface area contributed by atoms with Gasteiger partial charge in [-0.2, -0.15) is 0 Å². The quantitative estimate of drug-likeness (QED) is 0.819. The molecule has 2 aromatic carbocycles. The van der Waals surface area contributed by atoms with E-state index >= 15 is 0 Å². The van der Waals surface area contributed by atoms with Crippen LogP contribution in [0.1, 0.15) is 21.5 Å². The first kappa shape index (κ1) is 14.3. The lowest BCUT2D eigenvalue weighted by atomic mass is 10.1. The molecule has 0 saturated heterocycles. The summed E-state index contributed by atoms with van der Waals surface area (Å²) in [6.07, 6.45) is 0. The summed E-state index contributed by atoms with van der Waals surface area (Å²) in [4.78, 5) is 11.9. The molecule has 104 valence electrons. The Morgan fingerprint density at radius 2 is 1.90 bits per heavy atom. The van der Waals surface area contributed by atoms with Crippen molar-refractivity contribution in [1.29, 1.82) is 0 Å². The van der Waals surface area contributed by atoms with Crippen LogP contribution >= 0.6 is 0 Å². The van der Waals surface area contributed by atoms with Crippen LogP contribution in [0.5, 0.6) is 0 Å². The molecule has 2 aromatic rings. The number of rotatable bonds is 6. The zero-order valence-corrected chi connectivity index (χ0v) is 11.6. The van der Waals surface area contributed by atoms with Gasteiger partial charge >= 0.3 is 0 Å². The summed E-state index contributed by atoms with van der Waals surface area (Å²) in [5, 5.41) is 2.85. The lowest BCUT2D eigenvalue weighted by Crippen LogP contribution is -2.27. The summed E-state index contributed by atoms with van der Waals surface area (Å²) in [6, 6.07) is 17.5. The Balaban J connectivity index is 1.67. The molecule has 1 amide bonds. The molecule has 0 radical (unpaired) electrons. The number of carbonyl (C=O) groups excluding carboxylic acids is 1. The molecule has 0 bridgehead atoms. The lowest BCUT2D eigenvalue weighted by Gasteiger charge is -2.07. The molecule has 0 aromatic heterocycles. The minimum Gasteiger partial charge on any atom is -0.375 e. The lowest BCUT2D eigenvalue weighted by molar-refractivity contribution is 0.0901. The fourth-order valence-corrected chi connectivity index (χ4v) is 1.89. The summed E-state index contributed by atoms with van der Waals surface area (Å²) < 4.78 is 5.51. The molecule has 0 spiro atoms. The largest absolute Gasteiger partial charge is 0.375 e. The van der Waals surface area contributed by atoms with Crippen LogP contribution in [0.3, 0.4) is 0 Å². The van der Waals surface area contributed by atoms with Gasteiger partial charge in [0.15, 0.2) is 0 Å². The Bertz CT molecular complexity index is 552.